The number of carbonyl (C=O) groups is 2. The first-order valence-electron chi connectivity index (χ1n) is 8.91. The number of amides is 1. The largest absolute Gasteiger partial charge is 0.550 e. The Hall–Kier alpha value is -3.62. The summed E-state index contributed by atoms with van der Waals surface area (Å²) in [6, 6.07) is 9.51. The number of nitrogens with one attached hydrogen (secondary N) is 1. The van der Waals surface area contributed by atoms with Gasteiger partial charge in [0.15, 0.2) is 5.75 Å². The predicted octanol–water partition coefficient (Wildman–Crippen LogP) is 2.00. The molecule has 2 aromatic rings. The summed E-state index contributed by atoms with van der Waals surface area (Å²) in [4.78, 5) is 34.2. The van der Waals surface area contributed by atoms with Crippen molar-refractivity contribution in [1.29, 1.82) is 0 Å². The van der Waals surface area contributed by atoms with Gasteiger partial charge in [-0.15, -0.1) is 0 Å². The highest BCUT2D eigenvalue weighted by atomic mass is 16.6. The first kappa shape index (κ1) is 21.7. The quantitative estimate of drug-likeness (QED) is 0.476. The highest BCUT2D eigenvalue weighted by molar-refractivity contribution is 5.95. The maximum atomic E-state index is 12.6. The second-order valence-electron chi connectivity index (χ2n) is 6.16. The number of aliphatic carboxylic acids is 1. The lowest BCUT2D eigenvalue weighted by molar-refractivity contribution is -0.385. The van der Waals surface area contributed by atoms with Crippen LogP contribution >= 0.6 is 0 Å². The molecule has 0 bridgehead atoms. The highest BCUT2D eigenvalue weighted by Gasteiger charge is 2.21. The smallest absolute Gasteiger partial charge is 0.311 e. The molecule has 0 saturated heterocycles. The van der Waals surface area contributed by atoms with Crippen molar-refractivity contribution >= 4 is 17.6 Å². The molecule has 2 aromatic carbocycles. The van der Waals surface area contributed by atoms with E-state index in [0.717, 1.165) is 12.5 Å². The van der Waals surface area contributed by atoms with Crippen LogP contribution in [0.25, 0.3) is 0 Å². The molecule has 0 spiro atoms. The number of nitro benzene ring substituents is 1. The molecule has 154 valence electrons. The molecule has 1 amide bonds. The third-order valence-corrected chi connectivity index (χ3v) is 4.07. The minimum Gasteiger partial charge on any atom is -0.550 e. The van der Waals surface area contributed by atoms with Gasteiger partial charge >= 0.3 is 5.69 Å². The van der Waals surface area contributed by atoms with E-state index in [1.54, 1.807) is 24.3 Å². The second-order valence-corrected chi connectivity index (χ2v) is 6.16. The van der Waals surface area contributed by atoms with Crippen LogP contribution in [0.15, 0.2) is 42.5 Å². The summed E-state index contributed by atoms with van der Waals surface area (Å²) in [6.07, 6.45) is 0.387. The second kappa shape index (κ2) is 10.1. The predicted molar refractivity (Wildman–Crippen MR) is 102 cm³/mol. The van der Waals surface area contributed by atoms with Gasteiger partial charge in [0.2, 0.25) is 0 Å². The topological polar surface area (TPSA) is 131 Å². The Bertz CT molecular complexity index is 881. The van der Waals surface area contributed by atoms with Gasteiger partial charge in [-0.25, -0.2) is 0 Å². The fraction of sp³-hybridized carbons (Fsp3) is 0.300. The van der Waals surface area contributed by atoms with Gasteiger partial charge in [-0.1, -0.05) is 19.1 Å². The Kier molecular flexibility index (Phi) is 7.53. The van der Waals surface area contributed by atoms with Crippen molar-refractivity contribution in [2.24, 2.45) is 0 Å². The molecule has 0 aromatic heterocycles. The van der Waals surface area contributed by atoms with Crippen LogP contribution in [-0.2, 0) is 4.79 Å². The van der Waals surface area contributed by atoms with Gasteiger partial charge < -0.3 is 24.7 Å². The van der Waals surface area contributed by atoms with Crippen molar-refractivity contribution < 1.29 is 29.1 Å². The Balaban J connectivity index is 2.23. The molecule has 0 unspecified atom stereocenters. The minimum atomic E-state index is -1.35. The number of benzene rings is 2. The molecule has 0 radical (unpaired) electrons. The van der Waals surface area contributed by atoms with Crippen molar-refractivity contribution in [1.82, 2.24) is 5.32 Å². The molecule has 9 nitrogen and oxygen atoms in total. The van der Waals surface area contributed by atoms with Gasteiger partial charge in [-0.3, -0.25) is 14.9 Å². The summed E-state index contributed by atoms with van der Waals surface area (Å²) in [5.41, 5.74) is 0.173. The number of carbonyl (C=O) groups excluding carboxylic acids is 2. The van der Waals surface area contributed by atoms with Gasteiger partial charge in [-0.2, -0.15) is 0 Å². The number of nitrogens with zero attached hydrogens (tertiary/aromatic N) is 1. The molecule has 0 aliphatic carbocycles. The molecule has 9 heteroatoms. The number of carboxylic acid groups (broad SMARTS) is 1. The van der Waals surface area contributed by atoms with Crippen LogP contribution in [0.2, 0.25) is 0 Å². The number of ether oxygens (including phenoxy) is 2. The van der Waals surface area contributed by atoms with Crippen LogP contribution in [0.3, 0.4) is 0 Å². The van der Waals surface area contributed by atoms with Crippen LogP contribution in [0.5, 0.6) is 11.5 Å². The summed E-state index contributed by atoms with van der Waals surface area (Å²) in [5, 5.41) is 24.9. The van der Waals surface area contributed by atoms with E-state index in [2.05, 4.69) is 5.32 Å². The van der Waals surface area contributed by atoms with E-state index in [0.29, 0.717) is 17.9 Å². The molecule has 1 N–H and O–H groups in total. The molecule has 1 atom stereocenters. The van der Waals surface area contributed by atoms with Crippen LogP contribution in [0.1, 0.15) is 41.7 Å². The summed E-state index contributed by atoms with van der Waals surface area (Å²) in [6.45, 7) is 2.53. The van der Waals surface area contributed by atoms with Crippen molar-refractivity contribution in [3.8, 4) is 11.5 Å². The van der Waals surface area contributed by atoms with E-state index in [-0.39, 0.29) is 17.0 Å². The lowest BCUT2D eigenvalue weighted by atomic mass is 10.0. The SMILES string of the molecule is CCCOc1ccc([C@H](CC(=O)[O-])NC(=O)c2ccc(OC)c([N+](=O)[O-])c2)cc1. The monoisotopic (exact) mass is 401 g/mol. The van der Waals surface area contributed by atoms with E-state index in [1.807, 2.05) is 6.92 Å². The Morgan fingerprint density at radius 1 is 1.17 bits per heavy atom. The van der Waals surface area contributed by atoms with Crippen LogP contribution in [0, 0.1) is 10.1 Å². The van der Waals surface area contributed by atoms with Crippen LogP contribution < -0.4 is 19.9 Å². The fourth-order valence-electron chi connectivity index (χ4n) is 2.65. The number of hydrogen-bond donors (Lipinski definition) is 1. The fourth-order valence-corrected chi connectivity index (χ4v) is 2.65. The number of nitro groups is 1. The van der Waals surface area contributed by atoms with E-state index in [9.17, 15) is 24.8 Å². The average molecular weight is 401 g/mol. The molecular weight excluding hydrogens is 380 g/mol. The molecule has 29 heavy (non-hydrogen) atoms. The van der Waals surface area contributed by atoms with Crippen molar-refractivity contribution in [3.05, 3.63) is 63.7 Å². The van der Waals surface area contributed by atoms with Gasteiger partial charge in [0.1, 0.15) is 5.75 Å². The highest BCUT2D eigenvalue weighted by Crippen LogP contribution is 2.28. The third-order valence-electron chi connectivity index (χ3n) is 4.07. The number of methoxy groups -OCH3 is 1. The van der Waals surface area contributed by atoms with E-state index in [1.165, 1.54) is 19.2 Å². The maximum Gasteiger partial charge on any atom is 0.311 e. The lowest BCUT2D eigenvalue weighted by Crippen LogP contribution is -2.34. The maximum absolute atomic E-state index is 12.6. The Morgan fingerprint density at radius 3 is 2.41 bits per heavy atom. The van der Waals surface area contributed by atoms with E-state index < -0.39 is 29.3 Å². The summed E-state index contributed by atoms with van der Waals surface area (Å²) >= 11 is 0. The molecule has 0 aliphatic heterocycles. The molecule has 0 saturated carbocycles. The Morgan fingerprint density at radius 2 is 1.86 bits per heavy atom. The normalized spacial score (nSPS) is 11.4. The zero-order valence-electron chi connectivity index (χ0n) is 16.0. The van der Waals surface area contributed by atoms with Crippen molar-refractivity contribution in [2.45, 2.75) is 25.8 Å². The minimum absolute atomic E-state index is 0.00347. The van der Waals surface area contributed by atoms with Crippen molar-refractivity contribution in [3.63, 3.8) is 0 Å². The van der Waals surface area contributed by atoms with Gasteiger partial charge in [0.25, 0.3) is 5.91 Å². The Labute approximate surface area is 167 Å². The van der Waals surface area contributed by atoms with Crippen molar-refractivity contribution in [2.75, 3.05) is 13.7 Å². The average Bonchev–Trinajstić information content (AvgIpc) is 2.71. The van der Waals surface area contributed by atoms with E-state index >= 15 is 0 Å². The standard InChI is InChI=1S/C20H22N2O7/c1-3-10-29-15-7-4-13(5-8-15)16(12-19(23)24)21-20(25)14-6-9-18(28-2)17(11-14)22(26)27/h4-9,11,16H,3,10,12H2,1-2H3,(H,21,25)(H,23,24)/p-1/t16-/m0/s1. The zero-order valence-corrected chi connectivity index (χ0v) is 16.0. The molecule has 0 fully saturated rings. The van der Waals surface area contributed by atoms with Gasteiger partial charge in [-0.05, 0) is 36.2 Å². The summed E-state index contributed by atoms with van der Waals surface area (Å²) in [5.74, 6) is -1.36. The first-order valence-corrected chi connectivity index (χ1v) is 8.91. The molecule has 0 heterocycles. The summed E-state index contributed by atoms with van der Waals surface area (Å²) in [7, 11) is 1.28. The molecular formula is C20H21N2O7-. The van der Waals surface area contributed by atoms with Gasteiger partial charge in [0, 0.05) is 24.0 Å². The lowest BCUT2D eigenvalue weighted by Gasteiger charge is -2.20. The zero-order chi connectivity index (χ0) is 21.4. The van der Waals surface area contributed by atoms with Gasteiger partial charge in [0.05, 0.1) is 24.7 Å². The van der Waals surface area contributed by atoms with E-state index in [4.69, 9.17) is 9.47 Å². The third kappa shape index (κ3) is 5.93. The summed E-state index contributed by atoms with van der Waals surface area (Å²) < 4.78 is 10.4. The number of hydrogen-bond acceptors (Lipinski definition) is 7. The number of carboxylic acids is 1. The first-order chi connectivity index (χ1) is 13.8. The number of rotatable bonds is 10. The molecule has 0 aliphatic rings. The van der Waals surface area contributed by atoms with Crippen LogP contribution in [-0.4, -0.2) is 30.5 Å². The van der Waals surface area contributed by atoms with Crippen LogP contribution in [0.4, 0.5) is 5.69 Å². The molecule has 2 rings (SSSR count).